The first kappa shape index (κ1) is 14.8. The highest BCUT2D eigenvalue weighted by Crippen LogP contribution is 2.29. The smallest absolute Gasteiger partial charge is 0.183 e. The van der Waals surface area contributed by atoms with Crippen LogP contribution in [0.1, 0.15) is 51.4 Å². The van der Waals surface area contributed by atoms with E-state index in [0.29, 0.717) is 17.4 Å². The molecule has 3 atom stereocenters. The molecule has 1 N–H and O–H groups in total. The molecule has 114 valence electrons. The Bertz CT molecular complexity index is 483. The molecule has 3 rings (SSSR count). The fourth-order valence-corrected chi connectivity index (χ4v) is 3.67. The van der Waals surface area contributed by atoms with Gasteiger partial charge in [0.25, 0.3) is 0 Å². The van der Waals surface area contributed by atoms with Crippen molar-refractivity contribution in [1.29, 1.82) is 0 Å². The molecule has 0 aromatic carbocycles. The van der Waals surface area contributed by atoms with Gasteiger partial charge in [0.05, 0.1) is 0 Å². The van der Waals surface area contributed by atoms with Crippen LogP contribution in [0.4, 0.5) is 0 Å². The van der Waals surface area contributed by atoms with Crippen LogP contribution in [0, 0.1) is 5.92 Å². The molecule has 3 aliphatic rings. The van der Waals surface area contributed by atoms with Gasteiger partial charge in [-0.05, 0) is 57.2 Å². The highest BCUT2D eigenvalue weighted by molar-refractivity contribution is 7.80. The van der Waals surface area contributed by atoms with E-state index in [1.165, 1.54) is 18.5 Å². The van der Waals surface area contributed by atoms with Crippen molar-refractivity contribution in [3.05, 3.63) is 23.9 Å². The Morgan fingerprint density at radius 1 is 1.24 bits per heavy atom. The molecular weight excluding hydrogens is 282 g/mol. The Morgan fingerprint density at radius 2 is 2.14 bits per heavy atom. The number of thiocarbonyl (C=S) groups is 1. The van der Waals surface area contributed by atoms with Crippen molar-refractivity contribution in [3.63, 3.8) is 0 Å². The van der Waals surface area contributed by atoms with Crippen LogP contribution in [0.2, 0.25) is 0 Å². The molecule has 0 bridgehead atoms. The maximum Gasteiger partial charge on any atom is 0.183 e. The summed E-state index contributed by atoms with van der Waals surface area (Å²) in [4.78, 5) is 12.4. The summed E-state index contributed by atoms with van der Waals surface area (Å²) < 4.78 is 5.85. The summed E-state index contributed by atoms with van der Waals surface area (Å²) in [6.07, 6.45) is 14.4. The first-order valence-electron chi connectivity index (χ1n) is 8.08. The largest absolute Gasteiger partial charge is 0.474 e. The molecule has 2 unspecified atom stereocenters. The fourth-order valence-electron chi connectivity index (χ4n) is 3.43. The number of Topliss-reactive ketones (excluding diaryl/α,β-unsaturated/α-hetero) is 1. The second-order valence-corrected chi connectivity index (χ2v) is 6.65. The lowest BCUT2D eigenvalue weighted by Gasteiger charge is -2.35. The molecule has 21 heavy (non-hydrogen) atoms. The summed E-state index contributed by atoms with van der Waals surface area (Å²) in [5, 5.41) is 3.99. The monoisotopic (exact) mass is 305 g/mol. The minimum Gasteiger partial charge on any atom is -0.474 e. The maximum atomic E-state index is 12.4. The zero-order chi connectivity index (χ0) is 14.7. The molecule has 0 spiro atoms. The zero-order valence-corrected chi connectivity index (χ0v) is 13.2. The standard InChI is InChI=1S/C17H23NO2S/c19-15-11-14(18-13-9-5-2-6-10-13)17(21)20-16(15)12-7-3-1-4-8-12/h1,3,9,12,14,16,18H,2,4-8,10-11H2/t12-,14?,16?/m0/s1. The van der Waals surface area contributed by atoms with E-state index >= 15 is 0 Å². The SMILES string of the molecule is O=C1CC(NC2=CCCCC2)C(=S)OC1[C@H]1CC=CCC1. The molecule has 0 amide bonds. The molecule has 0 saturated carbocycles. The predicted molar refractivity (Wildman–Crippen MR) is 87.1 cm³/mol. The summed E-state index contributed by atoms with van der Waals surface area (Å²) in [6, 6.07) is -0.118. The summed E-state index contributed by atoms with van der Waals surface area (Å²) in [6.45, 7) is 0. The fraction of sp³-hybridized carbons (Fsp3) is 0.647. The van der Waals surface area contributed by atoms with Crippen molar-refractivity contribution in [3.8, 4) is 0 Å². The van der Waals surface area contributed by atoms with Crippen LogP contribution >= 0.6 is 12.2 Å². The van der Waals surface area contributed by atoms with Crippen LogP contribution in [-0.4, -0.2) is 23.0 Å². The number of rotatable bonds is 3. The molecule has 0 radical (unpaired) electrons. The number of allylic oxidation sites excluding steroid dienone is 4. The lowest BCUT2D eigenvalue weighted by molar-refractivity contribution is -0.131. The van der Waals surface area contributed by atoms with Gasteiger partial charge in [-0.25, -0.2) is 0 Å². The van der Waals surface area contributed by atoms with Gasteiger partial charge in [-0.1, -0.05) is 18.2 Å². The van der Waals surface area contributed by atoms with Crippen molar-refractivity contribution in [2.45, 2.75) is 63.5 Å². The third-order valence-corrected chi connectivity index (χ3v) is 5.02. The van der Waals surface area contributed by atoms with Crippen LogP contribution in [0.5, 0.6) is 0 Å². The molecule has 2 aliphatic carbocycles. The van der Waals surface area contributed by atoms with E-state index in [1.807, 2.05) is 0 Å². The second kappa shape index (κ2) is 6.73. The Labute approximate surface area is 131 Å². The molecule has 1 fully saturated rings. The molecule has 0 aromatic heterocycles. The van der Waals surface area contributed by atoms with Gasteiger partial charge in [-0.3, -0.25) is 4.79 Å². The van der Waals surface area contributed by atoms with E-state index in [4.69, 9.17) is 17.0 Å². The molecule has 1 saturated heterocycles. The van der Waals surface area contributed by atoms with Crippen LogP contribution in [0.25, 0.3) is 0 Å². The summed E-state index contributed by atoms with van der Waals surface area (Å²) in [5.41, 5.74) is 1.23. The quantitative estimate of drug-likeness (QED) is 0.640. The maximum absolute atomic E-state index is 12.4. The number of carbonyl (C=O) groups is 1. The average molecular weight is 305 g/mol. The Balaban J connectivity index is 1.61. The Hall–Kier alpha value is -1.16. The minimum atomic E-state index is -0.319. The summed E-state index contributed by atoms with van der Waals surface area (Å²) in [5.74, 6) is 0.508. The Morgan fingerprint density at radius 3 is 2.86 bits per heavy atom. The van der Waals surface area contributed by atoms with Crippen molar-refractivity contribution >= 4 is 23.1 Å². The van der Waals surface area contributed by atoms with Crippen LogP contribution in [0.3, 0.4) is 0 Å². The average Bonchev–Trinajstić information content (AvgIpc) is 2.52. The molecule has 3 nitrogen and oxygen atoms in total. The third kappa shape index (κ3) is 3.54. The number of ketones is 1. The molecular formula is C17H23NO2S. The number of ether oxygens (including phenoxy) is 1. The molecule has 4 heteroatoms. The highest BCUT2D eigenvalue weighted by atomic mass is 32.1. The topological polar surface area (TPSA) is 38.3 Å². The molecule has 1 heterocycles. The van der Waals surface area contributed by atoms with Gasteiger partial charge in [-0.15, -0.1) is 0 Å². The number of carbonyl (C=O) groups excluding carboxylic acids is 1. The van der Waals surface area contributed by atoms with Crippen molar-refractivity contribution < 1.29 is 9.53 Å². The molecule has 0 aromatic rings. The van der Waals surface area contributed by atoms with Gasteiger partial charge in [0.1, 0.15) is 6.04 Å². The normalized spacial score (nSPS) is 33.3. The number of hydrogen-bond acceptors (Lipinski definition) is 4. The van der Waals surface area contributed by atoms with Crippen molar-refractivity contribution in [1.82, 2.24) is 5.32 Å². The highest BCUT2D eigenvalue weighted by Gasteiger charge is 2.38. The van der Waals surface area contributed by atoms with E-state index in [0.717, 1.165) is 32.1 Å². The van der Waals surface area contributed by atoms with Gasteiger partial charge >= 0.3 is 0 Å². The van der Waals surface area contributed by atoms with Gasteiger partial charge in [0.15, 0.2) is 16.9 Å². The Kier molecular flexibility index (Phi) is 4.73. The lowest BCUT2D eigenvalue weighted by atomic mass is 9.84. The first-order valence-corrected chi connectivity index (χ1v) is 8.48. The second-order valence-electron chi connectivity index (χ2n) is 6.24. The minimum absolute atomic E-state index is 0.118. The summed E-state index contributed by atoms with van der Waals surface area (Å²) in [7, 11) is 0. The third-order valence-electron chi connectivity index (χ3n) is 4.64. The van der Waals surface area contributed by atoms with Crippen LogP contribution < -0.4 is 5.32 Å². The zero-order valence-electron chi connectivity index (χ0n) is 12.3. The first-order chi connectivity index (χ1) is 10.2. The van der Waals surface area contributed by atoms with E-state index in [9.17, 15) is 4.79 Å². The number of hydrogen-bond donors (Lipinski definition) is 1. The van der Waals surface area contributed by atoms with Gasteiger partial charge < -0.3 is 10.1 Å². The predicted octanol–water partition coefficient (Wildman–Crippen LogP) is 3.44. The van der Waals surface area contributed by atoms with E-state index in [-0.39, 0.29) is 17.9 Å². The van der Waals surface area contributed by atoms with Gasteiger partial charge in [-0.2, -0.15) is 0 Å². The van der Waals surface area contributed by atoms with Crippen LogP contribution in [-0.2, 0) is 9.53 Å². The molecule has 1 aliphatic heterocycles. The van der Waals surface area contributed by atoms with Gasteiger partial charge in [0, 0.05) is 18.0 Å². The van der Waals surface area contributed by atoms with E-state index < -0.39 is 0 Å². The van der Waals surface area contributed by atoms with Gasteiger partial charge in [0.2, 0.25) is 0 Å². The van der Waals surface area contributed by atoms with Crippen molar-refractivity contribution in [2.24, 2.45) is 5.92 Å². The number of nitrogens with one attached hydrogen (secondary N) is 1. The van der Waals surface area contributed by atoms with Crippen LogP contribution in [0.15, 0.2) is 23.9 Å². The van der Waals surface area contributed by atoms with E-state index in [2.05, 4.69) is 23.5 Å². The lowest BCUT2D eigenvalue weighted by Crippen LogP contribution is -2.50. The van der Waals surface area contributed by atoms with Crippen molar-refractivity contribution in [2.75, 3.05) is 0 Å². The summed E-state index contributed by atoms with van der Waals surface area (Å²) >= 11 is 5.41. The van der Waals surface area contributed by atoms with E-state index in [1.54, 1.807) is 0 Å².